The third kappa shape index (κ3) is 7.11. The summed E-state index contributed by atoms with van der Waals surface area (Å²) >= 11 is 0. The Balaban J connectivity index is 1.76. The molecule has 1 fully saturated rings. The van der Waals surface area contributed by atoms with Crippen LogP contribution in [0.25, 0.3) is 0 Å². The number of hydrogen-bond acceptors (Lipinski definition) is 6. The van der Waals surface area contributed by atoms with Crippen molar-refractivity contribution in [2.45, 2.75) is 49.6 Å². The van der Waals surface area contributed by atoms with E-state index in [1.165, 1.54) is 19.3 Å². The first-order valence-corrected chi connectivity index (χ1v) is 11.9. The molecule has 1 aromatic carbocycles. The smallest absolute Gasteiger partial charge is 0.404 e. The van der Waals surface area contributed by atoms with Crippen LogP contribution in [0.2, 0.25) is 0 Å². The highest BCUT2D eigenvalue weighted by Crippen LogP contribution is 2.29. The molecular formula is C21H29N5O4S. The average Bonchev–Trinajstić information content (AvgIpc) is 2.77. The molecule has 3 rings (SSSR count). The number of aromatic nitrogens is 1. The van der Waals surface area contributed by atoms with Crippen molar-refractivity contribution in [3.8, 4) is 0 Å². The molecule has 1 saturated carbocycles. The van der Waals surface area contributed by atoms with Crippen molar-refractivity contribution in [1.82, 2.24) is 15.0 Å². The first-order chi connectivity index (χ1) is 14.9. The van der Waals surface area contributed by atoms with Gasteiger partial charge >= 0.3 is 6.09 Å². The van der Waals surface area contributed by atoms with Gasteiger partial charge in [-0.25, -0.2) is 17.9 Å². The number of carboxylic acid groups (broad SMARTS) is 1. The van der Waals surface area contributed by atoms with Gasteiger partial charge in [0.25, 0.3) is 0 Å². The van der Waals surface area contributed by atoms with Gasteiger partial charge in [0.15, 0.2) is 0 Å². The highest BCUT2D eigenvalue weighted by atomic mass is 32.2. The van der Waals surface area contributed by atoms with Crippen LogP contribution >= 0.6 is 0 Å². The van der Waals surface area contributed by atoms with Crippen molar-refractivity contribution in [3.63, 3.8) is 0 Å². The Morgan fingerprint density at radius 2 is 1.77 bits per heavy atom. The minimum atomic E-state index is -3.77. The summed E-state index contributed by atoms with van der Waals surface area (Å²) in [7, 11) is -3.77. The van der Waals surface area contributed by atoms with Gasteiger partial charge < -0.3 is 21.1 Å². The molecule has 0 unspecified atom stereocenters. The molecule has 0 spiro atoms. The van der Waals surface area contributed by atoms with E-state index in [4.69, 9.17) is 5.11 Å². The Bertz CT molecular complexity index is 963. The van der Waals surface area contributed by atoms with Crippen molar-refractivity contribution in [2.24, 2.45) is 0 Å². The van der Waals surface area contributed by atoms with Gasteiger partial charge in [0.2, 0.25) is 10.0 Å². The van der Waals surface area contributed by atoms with Gasteiger partial charge in [0, 0.05) is 38.1 Å². The minimum absolute atomic E-state index is 0.0109. The fourth-order valence-corrected chi connectivity index (χ4v) is 4.62. The second kappa shape index (κ2) is 11.0. The molecule has 1 aliphatic rings. The summed E-state index contributed by atoms with van der Waals surface area (Å²) in [6.45, 7) is 0.487. The van der Waals surface area contributed by atoms with Crippen LogP contribution in [-0.4, -0.2) is 43.7 Å². The molecule has 0 bridgehead atoms. The lowest BCUT2D eigenvalue weighted by molar-refractivity contribution is 0.194. The Hall–Kier alpha value is -2.85. The number of sulfonamides is 1. The SMILES string of the molecule is O=C(O)NCCNS(=O)(=O)c1ccc(NC2CCCCC2)c(NCc2ccncc2)c1. The number of benzene rings is 1. The maximum absolute atomic E-state index is 12.7. The fourth-order valence-electron chi connectivity index (χ4n) is 3.57. The molecule has 0 radical (unpaired) electrons. The first-order valence-electron chi connectivity index (χ1n) is 10.4. The third-order valence-electron chi connectivity index (χ3n) is 5.19. The zero-order valence-corrected chi connectivity index (χ0v) is 18.1. The fraction of sp³-hybridized carbons (Fsp3) is 0.429. The summed E-state index contributed by atoms with van der Waals surface area (Å²) in [6.07, 6.45) is 8.08. The number of nitrogens with zero attached hydrogens (tertiary/aromatic N) is 1. The van der Waals surface area contributed by atoms with E-state index in [0.29, 0.717) is 18.3 Å². The normalized spacial score (nSPS) is 14.7. The number of hydrogen-bond donors (Lipinski definition) is 5. The highest BCUT2D eigenvalue weighted by Gasteiger charge is 2.18. The number of carbonyl (C=O) groups is 1. The van der Waals surface area contributed by atoms with Crippen LogP contribution in [0.3, 0.4) is 0 Å². The lowest BCUT2D eigenvalue weighted by Crippen LogP contribution is -2.34. The van der Waals surface area contributed by atoms with E-state index in [9.17, 15) is 13.2 Å². The van der Waals surface area contributed by atoms with Gasteiger partial charge in [-0.1, -0.05) is 19.3 Å². The standard InChI is InChI=1S/C21H29N5O4S/c27-21(28)23-12-13-25-31(29,30)18-6-7-19(26-17-4-2-1-3-5-17)20(14-18)24-15-16-8-10-22-11-9-16/h6-11,14,17,23-26H,1-5,12-13,15H2,(H,27,28). The predicted octanol–water partition coefficient (Wildman–Crippen LogP) is 2.98. The molecular weight excluding hydrogens is 418 g/mol. The van der Waals surface area contributed by atoms with E-state index < -0.39 is 16.1 Å². The summed E-state index contributed by atoms with van der Waals surface area (Å²) in [4.78, 5) is 14.7. The lowest BCUT2D eigenvalue weighted by atomic mass is 9.95. The second-order valence-corrected chi connectivity index (χ2v) is 9.29. The molecule has 9 nitrogen and oxygen atoms in total. The van der Waals surface area contributed by atoms with Crippen molar-refractivity contribution < 1.29 is 18.3 Å². The summed E-state index contributed by atoms with van der Waals surface area (Å²) in [5, 5.41) is 17.6. The number of rotatable bonds is 10. The molecule has 31 heavy (non-hydrogen) atoms. The van der Waals surface area contributed by atoms with Gasteiger partial charge in [-0.3, -0.25) is 4.98 Å². The molecule has 1 heterocycles. The highest BCUT2D eigenvalue weighted by molar-refractivity contribution is 7.89. The molecule has 168 valence electrons. The van der Waals surface area contributed by atoms with Crippen molar-refractivity contribution in [1.29, 1.82) is 0 Å². The van der Waals surface area contributed by atoms with E-state index in [1.807, 2.05) is 12.1 Å². The van der Waals surface area contributed by atoms with Crippen LogP contribution in [0, 0.1) is 0 Å². The van der Waals surface area contributed by atoms with Crippen LogP contribution in [0.5, 0.6) is 0 Å². The predicted molar refractivity (Wildman–Crippen MR) is 120 cm³/mol. The van der Waals surface area contributed by atoms with E-state index in [1.54, 1.807) is 30.6 Å². The molecule has 10 heteroatoms. The Kier molecular flexibility index (Phi) is 8.07. The van der Waals surface area contributed by atoms with Gasteiger partial charge in [-0.15, -0.1) is 0 Å². The molecule has 0 atom stereocenters. The second-order valence-electron chi connectivity index (χ2n) is 7.53. The van der Waals surface area contributed by atoms with Crippen LogP contribution in [0.15, 0.2) is 47.6 Å². The summed E-state index contributed by atoms with van der Waals surface area (Å²) in [6, 6.07) is 9.14. The zero-order chi connectivity index (χ0) is 22.1. The number of amides is 1. The Morgan fingerprint density at radius 3 is 2.48 bits per heavy atom. The summed E-state index contributed by atoms with van der Waals surface area (Å²) in [5.41, 5.74) is 2.60. The maximum Gasteiger partial charge on any atom is 0.404 e. The molecule has 2 aromatic rings. The Morgan fingerprint density at radius 1 is 1.03 bits per heavy atom. The van der Waals surface area contributed by atoms with Crippen LogP contribution in [0.4, 0.5) is 16.2 Å². The molecule has 5 N–H and O–H groups in total. The summed E-state index contributed by atoms with van der Waals surface area (Å²) < 4.78 is 27.7. The largest absolute Gasteiger partial charge is 0.465 e. The minimum Gasteiger partial charge on any atom is -0.465 e. The van der Waals surface area contributed by atoms with Crippen molar-refractivity contribution >= 4 is 27.5 Å². The molecule has 0 aliphatic heterocycles. The monoisotopic (exact) mass is 447 g/mol. The quantitative estimate of drug-likeness (QED) is 0.354. The molecule has 1 aromatic heterocycles. The lowest BCUT2D eigenvalue weighted by Gasteiger charge is -2.25. The number of anilines is 2. The van der Waals surface area contributed by atoms with E-state index in [2.05, 4.69) is 25.7 Å². The average molecular weight is 448 g/mol. The summed E-state index contributed by atoms with van der Waals surface area (Å²) in [5.74, 6) is 0. The zero-order valence-electron chi connectivity index (χ0n) is 17.3. The van der Waals surface area contributed by atoms with Gasteiger partial charge in [-0.2, -0.15) is 0 Å². The maximum atomic E-state index is 12.7. The molecule has 0 saturated heterocycles. The third-order valence-corrected chi connectivity index (χ3v) is 6.65. The Labute approximate surface area is 182 Å². The van der Waals surface area contributed by atoms with Crippen LogP contribution in [0.1, 0.15) is 37.7 Å². The van der Waals surface area contributed by atoms with Gasteiger partial charge in [0.05, 0.1) is 16.3 Å². The van der Waals surface area contributed by atoms with Crippen molar-refractivity contribution in [2.75, 3.05) is 23.7 Å². The van der Waals surface area contributed by atoms with Crippen LogP contribution in [-0.2, 0) is 16.6 Å². The number of pyridine rings is 1. The van der Waals surface area contributed by atoms with E-state index in [0.717, 1.165) is 24.1 Å². The number of nitrogens with one attached hydrogen (secondary N) is 4. The van der Waals surface area contributed by atoms with Crippen molar-refractivity contribution in [3.05, 3.63) is 48.3 Å². The van der Waals surface area contributed by atoms with Gasteiger partial charge in [0.1, 0.15) is 0 Å². The first kappa shape index (κ1) is 22.8. The van der Waals surface area contributed by atoms with Crippen LogP contribution < -0.4 is 20.7 Å². The molecule has 1 aliphatic carbocycles. The van der Waals surface area contributed by atoms with E-state index >= 15 is 0 Å². The van der Waals surface area contributed by atoms with E-state index in [-0.39, 0.29) is 18.0 Å². The molecule has 1 amide bonds. The topological polar surface area (TPSA) is 132 Å². The van der Waals surface area contributed by atoms with Gasteiger partial charge in [-0.05, 0) is 48.7 Å².